The number of hydrogen-bond donors (Lipinski definition) is 1. The fraction of sp³-hybridized carbons (Fsp3) is 0.125. The predicted molar refractivity (Wildman–Crippen MR) is 80.6 cm³/mol. The van der Waals surface area contributed by atoms with Gasteiger partial charge in [-0.25, -0.2) is 9.07 Å². The van der Waals surface area contributed by atoms with Crippen LogP contribution in [0.25, 0.3) is 17.1 Å². The van der Waals surface area contributed by atoms with E-state index in [0.29, 0.717) is 17.1 Å². The Bertz CT molecular complexity index is 791. The molecule has 0 spiro atoms. The van der Waals surface area contributed by atoms with Crippen LogP contribution in [0.15, 0.2) is 42.7 Å². The highest BCUT2D eigenvalue weighted by molar-refractivity contribution is 5.69. The number of nitrogens with zero attached hydrogens (tertiary/aromatic N) is 3. The lowest BCUT2D eigenvalue weighted by Crippen LogP contribution is -1.98. The third-order valence-corrected chi connectivity index (χ3v) is 3.31. The van der Waals surface area contributed by atoms with Crippen LogP contribution in [0.1, 0.15) is 11.1 Å². The first-order valence-electron chi connectivity index (χ1n) is 6.59. The van der Waals surface area contributed by atoms with Crippen LogP contribution in [0.5, 0.6) is 0 Å². The molecule has 3 aromatic rings. The van der Waals surface area contributed by atoms with E-state index >= 15 is 0 Å². The largest absolute Gasteiger partial charge is 0.396 e. The quantitative estimate of drug-likeness (QED) is 0.784. The predicted octanol–water partition coefficient (Wildman–Crippen LogP) is 3.27. The topological polar surface area (TPSA) is 56.7 Å². The van der Waals surface area contributed by atoms with E-state index in [1.165, 1.54) is 11.6 Å². The maximum absolute atomic E-state index is 12.9. The smallest absolute Gasteiger partial charge is 0.141 e. The van der Waals surface area contributed by atoms with Crippen LogP contribution in [0.3, 0.4) is 0 Å². The van der Waals surface area contributed by atoms with Crippen LogP contribution >= 0.6 is 0 Å². The lowest BCUT2D eigenvalue weighted by molar-refractivity contribution is 0.621. The molecular formula is C16H15FN4. The molecule has 1 aromatic carbocycles. The summed E-state index contributed by atoms with van der Waals surface area (Å²) >= 11 is 0. The van der Waals surface area contributed by atoms with Crippen molar-refractivity contribution in [2.75, 3.05) is 5.73 Å². The number of anilines is 1. The Kier molecular flexibility index (Phi) is 3.17. The molecule has 2 N–H and O–H groups in total. The fourth-order valence-corrected chi connectivity index (χ4v) is 2.29. The molecule has 2 heterocycles. The number of pyridine rings is 1. The van der Waals surface area contributed by atoms with Gasteiger partial charge in [0.25, 0.3) is 0 Å². The Balaban J connectivity index is 2.07. The van der Waals surface area contributed by atoms with E-state index in [1.807, 2.05) is 26.0 Å². The molecule has 3 rings (SSSR count). The molecule has 0 unspecified atom stereocenters. The minimum Gasteiger partial charge on any atom is -0.396 e. The van der Waals surface area contributed by atoms with Crippen molar-refractivity contribution in [1.82, 2.24) is 14.8 Å². The summed E-state index contributed by atoms with van der Waals surface area (Å²) < 4.78 is 14.7. The van der Waals surface area contributed by atoms with Crippen molar-refractivity contribution >= 4 is 5.69 Å². The highest BCUT2D eigenvalue weighted by atomic mass is 19.1. The maximum Gasteiger partial charge on any atom is 0.141 e. The second-order valence-electron chi connectivity index (χ2n) is 5.03. The number of benzene rings is 1. The molecule has 0 amide bonds. The van der Waals surface area contributed by atoms with E-state index in [4.69, 9.17) is 5.73 Å². The lowest BCUT2D eigenvalue weighted by atomic mass is 10.1. The van der Waals surface area contributed by atoms with Crippen LogP contribution in [0, 0.1) is 19.7 Å². The molecule has 0 saturated heterocycles. The SMILES string of the molecule is Cc1ccc(-n2cc(N)c(-c3ccc(F)cn3)n2)c(C)c1. The van der Waals surface area contributed by atoms with Crippen LogP contribution < -0.4 is 5.73 Å². The molecule has 0 aliphatic heterocycles. The minimum absolute atomic E-state index is 0.383. The Morgan fingerprint density at radius 2 is 1.95 bits per heavy atom. The van der Waals surface area contributed by atoms with E-state index < -0.39 is 0 Å². The van der Waals surface area contributed by atoms with E-state index in [2.05, 4.69) is 16.1 Å². The van der Waals surface area contributed by atoms with Gasteiger partial charge < -0.3 is 5.73 Å². The third kappa shape index (κ3) is 2.50. The van der Waals surface area contributed by atoms with Crippen molar-refractivity contribution < 1.29 is 4.39 Å². The third-order valence-electron chi connectivity index (χ3n) is 3.31. The van der Waals surface area contributed by atoms with E-state index in [1.54, 1.807) is 16.9 Å². The van der Waals surface area contributed by atoms with Gasteiger partial charge in [-0.1, -0.05) is 17.7 Å². The number of rotatable bonds is 2. The van der Waals surface area contributed by atoms with Gasteiger partial charge in [0.15, 0.2) is 0 Å². The van der Waals surface area contributed by atoms with Gasteiger partial charge in [0.1, 0.15) is 11.5 Å². The first-order valence-corrected chi connectivity index (χ1v) is 6.59. The molecule has 0 saturated carbocycles. The highest BCUT2D eigenvalue weighted by Gasteiger charge is 2.12. The molecule has 0 atom stereocenters. The summed E-state index contributed by atoms with van der Waals surface area (Å²) in [6.07, 6.45) is 2.91. The standard InChI is InChI=1S/C16H15FN4/c1-10-3-6-15(11(2)7-10)21-9-13(18)16(20-21)14-5-4-12(17)8-19-14/h3-9H,18H2,1-2H3. The van der Waals surface area contributed by atoms with Gasteiger partial charge in [-0.15, -0.1) is 0 Å². The fourth-order valence-electron chi connectivity index (χ4n) is 2.29. The molecule has 4 nitrogen and oxygen atoms in total. The van der Waals surface area contributed by atoms with Crippen molar-refractivity contribution in [3.8, 4) is 17.1 Å². The highest BCUT2D eigenvalue weighted by Crippen LogP contribution is 2.25. The minimum atomic E-state index is -0.383. The van der Waals surface area contributed by atoms with Gasteiger partial charge in [-0.3, -0.25) is 4.98 Å². The summed E-state index contributed by atoms with van der Waals surface area (Å²) in [5.74, 6) is -0.383. The first-order chi connectivity index (χ1) is 10.0. The zero-order chi connectivity index (χ0) is 15.0. The van der Waals surface area contributed by atoms with Crippen LogP contribution in [-0.4, -0.2) is 14.8 Å². The number of aromatic nitrogens is 3. The van der Waals surface area contributed by atoms with Crippen molar-refractivity contribution in [1.29, 1.82) is 0 Å². The van der Waals surface area contributed by atoms with Crippen LogP contribution in [-0.2, 0) is 0 Å². The number of halogens is 1. The first kappa shape index (κ1) is 13.3. The van der Waals surface area contributed by atoms with Crippen molar-refractivity contribution in [2.24, 2.45) is 0 Å². The van der Waals surface area contributed by atoms with Crippen LogP contribution in [0.4, 0.5) is 10.1 Å². The normalized spacial score (nSPS) is 10.8. The molecule has 21 heavy (non-hydrogen) atoms. The van der Waals surface area contributed by atoms with Crippen molar-refractivity contribution in [2.45, 2.75) is 13.8 Å². The zero-order valence-corrected chi connectivity index (χ0v) is 11.8. The van der Waals surface area contributed by atoms with Gasteiger partial charge >= 0.3 is 0 Å². The molecule has 2 aromatic heterocycles. The van der Waals surface area contributed by atoms with Crippen molar-refractivity contribution in [3.05, 3.63) is 59.7 Å². The second-order valence-corrected chi connectivity index (χ2v) is 5.03. The molecule has 0 bridgehead atoms. The Hall–Kier alpha value is -2.69. The summed E-state index contributed by atoms with van der Waals surface area (Å²) in [5.41, 5.74) is 10.9. The second kappa shape index (κ2) is 5.01. The Labute approximate surface area is 122 Å². The molecule has 0 fully saturated rings. The lowest BCUT2D eigenvalue weighted by Gasteiger charge is -2.06. The van der Waals surface area contributed by atoms with Gasteiger partial charge in [-0.05, 0) is 37.6 Å². The zero-order valence-electron chi connectivity index (χ0n) is 11.8. The van der Waals surface area contributed by atoms with E-state index in [-0.39, 0.29) is 5.82 Å². The van der Waals surface area contributed by atoms with Gasteiger partial charge in [-0.2, -0.15) is 5.10 Å². The average Bonchev–Trinajstić information content (AvgIpc) is 2.81. The summed E-state index contributed by atoms with van der Waals surface area (Å²) in [4.78, 5) is 4.02. The number of nitrogens with two attached hydrogens (primary N) is 1. The van der Waals surface area contributed by atoms with Gasteiger partial charge in [0.05, 0.1) is 29.5 Å². The molecule has 0 aliphatic carbocycles. The average molecular weight is 282 g/mol. The molecule has 0 radical (unpaired) electrons. The summed E-state index contributed by atoms with van der Waals surface area (Å²) in [6, 6.07) is 9.02. The summed E-state index contributed by atoms with van der Waals surface area (Å²) in [5, 5.41) is 4.48. The Morgan fingerprint density at radius 3 is 2.62 bits per heavy atom. The van der Waals surface area contributed by atoms with Crippen LogP contribution in [0.2, 0.25) is 0 Å². The number of nitrogen functional groups attached to an aromatic ring is 1. The Morgan fingerprint density at radius 1 is 1.14 bits per heavy atom. The number of hydrogen-bond acceptors (Lipinski definition) is 3. The maximum atomic E-state index is 12.9. The van der Waals surface area contributed by atoms with Gasteiger partial charge in [0, 0.05) is 0 Å². The molecule has 5 heteroatoms. The van der Waals surface area contributed by atoms with Gasteiger partial charge in [0.2, 0.25) is 0 Å². The number of aryl methyl sites for hydroxylation is 2. The van der Waals surface area contributed by atoms with Crippen molar-refractivity contribution in [3.63, 3.8) is 0 Å². The van der Waals surface area contributed by atoms with E-state index in [9.17, 15) is 4.39 Å². The monoisotopic (exact) mass is 282 g/mol. The molecular weight excluding hydrogens is 267 g/mol. The summed E-state index contributed by atoms with van der Waals surface area (Å²) in [6.45, 7) is 4.07. The molecule has 0 aliphatic rings. The molecule has 106 valence electrons. The van der Waals surface area contributed by atoms with E-state index in [0.717, 1.165) is 17.4 Å². The summed E-state index contributed by atoms with van der Waals surface area (Å²) in [7, 11) is 0.